The number of amides is 2. The Morgan fingerprint density at radius 3 is 2.70 bits per heavy atom. The number of hydrogen-bond acceptors (Lipinski definition) is 7. The maximum absolute atomic E-state index is 13.3. The number of rotatable bonds is 7. The number of aliphatic carboxylic acids is 1. The number of hydrogen-bond donors (Lipinski definition) is 2. The Hall–Kier alpha value is -3.14. The van der Waals surface area contributed by atoms with E-state index in [4.69, 9.17) is 4.74 Å². The summed E-state index contributed by atoms with van der Waals surface area (Å²) in [5.41, 5.74) is 1.15. The van der Waals surface area contributed by atoms with Gasteiger partial charge in [0.1, 0.15) is 17.8 Å². The molecule has 0 bridgehead atoms. The van der Waals surface area contributed by atoms with Crippen LogP contribution in [0.3, 0.4) is 0 Å². The van der Waals surface area contributed by atoms with Gasteiger partial charge in [0.2, 0.25) is 5.91 Å². The molecule has 0 aromatic carbocycles. The SMILES string of the molecule is COC(=O)N[C@H](C(=O)N1C[C@H](COc2ccnc(-c3ccsc3)c2)C[C@H]1C(=O)O)C(C)(C)C. The molecule has 10 heteroatoms. The van der Waals surface area contributed by atoms with Gasteiger partial charge in [-0.25, -0.2) is 9.59 Å². The third-order valence-corrected chi connectivity index (χ3v) is 6.23. The van der Waals surface area contributed by atoms with Gasteiger partial charge in [-0.05, 0) is 29.3 Å². The molecule has 1 aliphatic rings. The van der Waals surface area contributed by atoms with Gasteiger partial charge >= 0.3 is 12.1 Å². The quantitative estimate of drug-likeness (QED) is 0.631. The predicted molar refractivity (Wildman–Crippen MR) is 123 cm³/mol. The van der Waals surface area contributed by atoms with E-state index in [-0.39, 0.29) is 25.5 Å². The second kappa shape index (κ2) is 10.2. The standard InChI is InChI=1S/C23H29N3O6S/c1-23(2,3)19(25-22(30)31-4)20(27)26-11-14(9-18(26)21(28)29)12-32-16-5-7-24-17(10-16)15-6-8-33-13-15/h5-8,10,13-14,18-19H,9,11-12H2,1-4H3,(H,25,30)(H,28,29)/t14-,18+,19-/m1/s1. The summed E-state index contributed by atoms with van der Waals surface area (Å²) in [5, 5.41) is 16.3. The number of carboxylic acids is 1. The van der Waals surface area contributed by atoms with E-state index in [0.717, 1.165) is 11.3 Å². The highest BCUT2D eigenvalue weighted by molar-refractivity contribution is 7.08. The molecule has 3 rings (SSSR count). The first-order chi connectivity index (χ1) is 15.6. The molecule has 2 aromatic heterocycles. The van der Waals surface area contributed by atoms with Crippen LogP contribution in [-0.4, -0.2) is 65.3 Å². The van der Waals surface area contributed by atoms with Gasteiger partial charge in [-0.2, -0.15) is 11.3 Å². The van der Waals surface area contributed by atoms with E-state index in [1.165, 1.54) is 12.0 Å². The van der Waals surface area contributed by atoms with Crippen LogP contribution in [0.25, 0.3) is 11.3 Å². The minimum Gasteiger partial charge on any atom is -0.493 e. The monoisotopic (exact) mass is 475 g/mol. The Kier molecular flexibility index (Phi) is 7.57. The molecule has 9 nitrogen and oxygen atoms in total. The van der Waals surface area contributed by atoms with Crippen LogP contribution in [0.2, 0.25) is 0 Å². The molecule has 3 atom stereocenters. The van der Waals surface area contributed by atoms with E-state index in [0.29, 0.717) is 5.75 Å². The molecule has 33 heavy (non-hydrogen) atoms. The van der Waals surface area contributed by atoms with Crippen molar-refractivity contribution in [2.45, 2.75) is 39.3 Å². The molecular weight excluding hydrogens is 446 g/mol. The van der Waals surface area contributed by atoms with Gasteiger partial charge in [0.25, 0.3) is 0 Å². The molecule has 2 aromatic rings. The molecule has 0 aliphatic carbocycles. The van der Waals surface area contributed by atoms with Crippen molar-refractivity contribution in [3.8, 4) is 17.0 Å². The molecule has 3 heterocycles. The Morgan fingerprint density at radius 2 is 2.09 bits per heavy atom. The zero-order valence-electron chi connectivity index (χ0n) is 19.1. The minimum atomic E-state index is -1.08. The number of likely N-dealkylation sites (tertiary alicyclic amines) is 1. The van der Waals surface area contributed by atoms with Crippen LogP contribution in [0, 0.1) is 11.3 Å². The molecule has 2 amide bonds. The minimum absolute atomic E-state index is 0.174. The lowest BCUT2D eigenvalue weighted by Crippen LogP contribution is -2.56. The summed E-state index contributed by atoms with van der Waals surface area (Å²) >= 11 is 1.58. The van der Waals surface area contributed by atoms with Crippen molar-refractivity contribution in [3.05, 3.63) is 35.2 Å². The van der Waals surface area contributed by atoms with Crippen LogP contribution in [-0.2, 0) is 14.3 Å². The first kappa shape index (κ1) is 24.5. The third-order valence-electron chi connectivity index (χ3n) is 5.55. The van der Waals surface area contributed by atoms with E-state index in [1.54, 1.807) is 44.4 Å². The van der Waals surface area contributed by atoms with Gasteiger partial charge < -0.3 is 24.8 Å². The van der Waals surface area contributed by atoms with Crippen LogP contribution in [0.5, 0.6) is 5.75 Å². The van der Waals surface area contributed by atoms with Crippen molar-refractivity contribution < 1.29 is 29.0 Å². The number of methoxy groups -OCH3 is 1. The Morgan fingerprint density at radius 1 is 1.33 bits per heavy atom. The highest BCUT2D eigenvalue weighted by Gasteiger charge is 2.45. The molecule has 1 aliphatic heterocycles. The highest BCUT2D eigenvalue weighted by atomic mass is 32.1. The van der Waals surface area contributed by atoms with Crippen molar-refractivity contribution in [2.24, 2.45) is 11.3 Å². The van der Waals surface area contributed by atoms with Gasteiger partial charge in [0.05, 0.1) is 19.4 Å². The van der Waals surface area contributed by atoms with Crippen LogP contribution in [0.15, 0.2) is 35.2 Å². The summed E-state index contributed by atoms with van der Waals surface area (Å²) in [6, 6.07) is 3.64. The van der Waals surface area contributed by atoms with Gasteiger partial charge in [0.15, 0.2) is 0 Å². The van der Waals surface area contributed by atoms with Crippen LogP contribution >= 0.6 is 11.3 Å². The first-order valence-corrected chi connectivity index (χ1v) is 11.5. The van der Waals surface area contributed by atoms with Gasteiger partial charge in [-0.15, -0.1) is 0 Å². The maximum atomic E-state index is 13.3. The lowest BCUT2D eigenvalue weighted by molar-refractivity contribution is -0.150. The third kappa shape index (κ3) is 6.01. The highest BCUT2D eigenvalue weighted by Crippen LogP contribution is 2.30. The molecule has 0 saturated carbocycles. The van der Waals surface area contributed by atoms with Gasteiger partial charge in [0, 0.05) is 35.7 Å². The van der Waals surface area contributed by atoms with Crippen LogP contribution in [0.1, 0.15) is 27.2 Å². The summed E-state index contributed by atoms with van der Waals surface area (Å²) in [7, 11) is 1.21. The Bertz CT molecular complexity index is 988. The fraction of sp³-hybridized carbons (Fsp3) is 0.478. The smallest absolute Gasteiger partial charge is 0.407 e. The fourth-order valence-corrected chi connectivity index (χ4v) is 4.45. The normalized spacial score (nSPS) is 19.1. The van der Waals surface area contributed by atoms with E-state index in [1.807, 2.05) is 22.9 Å². The second-order valence-corrected chi connectivity index (χ2v) is 9.86. The zero-order valence-corrected chi connectivity index (χ0v) is 19.9. The summed E-state index contributed by atoms with van der Waals surface area (Å²) in [4.78, 5) is 42.7. The van der Waals surface area contributed by atoms with E-state index in [9.17, 15) is 19.5 Å². The largest absolute Gasteiger partial charge is 0.493 e. The molecule has 1 saturated heterocycles. The molecule has 178 valence electrons. The first-order valence-electron chi connectivity index (χ1n) is 10.6. The molecule has 0 spiro atoms. The number of nitrogens with one attached hydrogen (secondary N) is 1. The number of thiophene rings is 1. The average molecular weight is 476 g/mol. The summed E-state index contributed by atoms with van der Waals surface area (Å²) in [5.74, 6) is -1.08. The Balaban J connectivity index is 1.70. The maximum Gasteiger partial charge on any atom is 0.407 e. The lowest BCUT2D eigenvalue weighted by atomic mass is 9.85. The number of aromatic nitrogens is 1. The number of carboxylic acid groups (broad SMARTS) is 1. The number of pyridine rings is 1. The average Bonchev–Trinajstić information content (AvgIpc) is 3.45. The number of alkyl carbamates (subject to hydrolysis) is 1. The summed E-state index contributed by atoms with van der Waals surface area (Å²) in [6.45, 7) is 5.87. The zero-order chi connectivity index (χ0) is 24.2. The number of carbonyl (C=O) groups excluding carboxylic acids is 2. The second-order valence-electron chi connectivity index (χ2n) is 9.08. The topological polar surface area (TPSA) is 118 Å². The number of carbonyl (C=O) groups is 3. The van der Waals surface area contributed by atoms with E-state index < -0.39 is 35.5 Å². The predicted octanol–water partition coefficient (Wildman–Crippen LogP) is 3.26. The molecule has 2 N–H and O–H groups in total. The molecule has 0 unspecified atom stereocenters. The Labute approximate surface area is 196 Å². The number of ether oxygens (including phenoxy) is 2. The van der Waals surface area contributed by atoms with Crippen molar-refractivity contribution >= 4 is 29.3 Å². The van der Waals surface area contributed by atoms with Crippen LogP contribution in [0.4, 0.5) is 4.79 Å². The van der Waals surface area contributed by atoms with Crippen molar-refractivity contribution in [2.75, 3.05) is 20.3 Å². The van der Waals surface area contributed by atoms with Crippen molar-refractivity contribution in [3.63, 3.8) is 0 Å². The fourth-order valence-electron chi connectivity index (χ4n) is 3.80. The lowest BCUT2D eigenvalue weighted by Gasteiger charge is -2.34. The van der Waals surface area contributed by atoms with E-state index in [2.05, 4.69) is 15.0 Å². The number of nitrogens with zero attached hydrogens (tertiary/aromatic N) is 2. The molecule has 0 radical (unpaired) electrons. The van der Waals surface area contributed by atoms with Gasteiger partial charge in [-0.1, -0.05) is 20.8 Å². The van der Waals surface area contributed by atoms with Gasteiger partial charge in [-0.3, -0.25) is 9.78 Å². The van der Waals surface area contributed by atoms with E-state index >= 15 is 0 Å². The van der Waals surface area contributed by atoms with Crippen molar-refractivity contribution in [1.29, 1.82) is 0 Å². The van der Waals surface area contributed by atoms with Crippen LogP contribution < -0.4 is 10.1 Å². The molecular formula is C23H29N3O6S. The summed E-state index contributed by atoms with van der Waals surface area (Å²) in [6.07, 6.45) is 1.19. The van der Waals surface area contributed by atoms with Crippen molar-refractivity contribution in [1.82, 2.24) is 15.2 Å². The summed E-state index contributed by atoms with van der Waals surface area (Å²) < 4.78 is 10.6. The molecule has 1 fully saturated rings.